The van der Waals surface area contributed by atoms with Crippen molar-refractivity contribution in [3.8, 4) is 5.75 Å². The summed E-state index contributed by atoms with van der Waals surface area (Å²) in [7, 11) is 2.76. The Morgan fingerprint density at radius 3 is 2.00 bits per heavy atom. The highest BCUT2D eigenvalue weighted by Crippen LogP contribution is 2.44. The van der Waals surface area contributed by atoms with Crippen LogP contribution in [0.25, 0.3) is 5.76 Å². The molecule has 1 aliphatic heterocycles. The number of hydrogen-bond acceptors (Lipinski definition) is 6. The number of aliphatic hydroxyl groups is 1. The van der Waals surface area contributed by atoms with E-state index in [0.29, 0.717) is 22.6 Å². The third-order valence-corrected chi connectivity index (χ3v) is 7.40. The average molecular weight is 556 g/mol. The van der Waals surface area contributed by atoms with Crippen molar-refractivity contribution in [1.29, 1.82) is 0 Å². The maximum atomic E-state index is 13.7. The SMILES string of the molecule is COC(=O)c1cccc(N2C(=O)C(=O)/C(=C(/O)c3cc(C(C)(C)C)ccc3OC)C2c2ccc(C(C)(C)C)cc2)c1. The van der Waals surface area contributed by atoms with Crippen molar-refractivity contribution in [2.45, 2.75) is 58.4 Å². The molecular weight excluding hydrogens is 518 g/mol. The van der Waals surface area contributed by atoms with Gasteiger partial charge < -0.3 is 14.6 Å². The van der Waals surface area contributed by atoms with E-state index in [1.54, 1.807) is 30.3 Å². The molecule has 4 rings (SSSR count). The predicted molar refractivity (Wildman–Crippen MR) is 159 cm³/mol. The predicted octanol–water partition coefficient (Wildman–Crippen LogP) is 6.70. The van der Waals surface area contributed by atoms with Gasteiger partial charge in [-0.1, -0.05) is 77.9 Å². The number of Topliss-reactive ketones (excluding diaryl/α,β-unsaturated/α-hetero) is 1. The van der Waals surface area contributed by atoms with Crippen LogP contribution in [0.1, 0.15) is 80.2 Å². The molecule has 0 bridgehead atoms. The number of rotatable bonds is 5. The van der Waals surface area contributed by atoms with Gasteiger partial charge in [0.05, 0.1) is 37.0 Å². The van der Waals surface area contributed by atoms with Crippen LogP contribution in [0.15, 0.2) is 72.3 Å². The van der Waals surface area contributed by atoms with E-state index in [-0.39, 0.29) is 27.7 Å². The molecule has 0 aliphatic carbocycles. The molecule has 3 aromatic rings. The van der Waals surface area contributed by atoms with Crippen LogP contribution in [0.5, 0.6) is 5.75 Å². The van der Waals surface area contributed by atoms with Crippen molar-refractivity contribution in [1.82, 2.24) is 0 Å². The van der Waals surface area contributed by atoms with E-state index in [0.717, 1.165) is 11.1 Å². The van der Waals surface area contributed by atoms with Gasteiger partial charge in [-0.05, 0) is 57.9 Å². The van der Waals surface area contributed by atoms with Crippen LogP contribution in [-0.4, -0.2) is 37.0 Å². The van der Waals surface area contributed by atoms with Crippen molar-refractivity contribution < 1.29 is 29.0 Å². The Morgan fingerprint density at radius 1 is 0.829 bits per heavy atom. The summed E-state index contributed by atoms with van der Waals surface area (Å²) in [4.78, 5) is 41.0. The van der Waals surface area contributed by atoms with E-state index >= 15 is 0 Å². The third kappa shape index (κ3) is 5.62. The molecule has 1 saturated heterocycles. The minimum Gasteiger partial charge on any atom is -0.507 e. The topological polar surface area (TPSA) is 93.1 Å². The number of aliphatic hydroxyl groups excluding tert-OH is 1. The second-order valence-corrected chi connectivity index (χ2v) is 12.2. The summed E-state index contributed by atoms with van der Waals surface area (Å²) in [6.07, 6.45) is 0. The zero-order chi connectivity index (χ0) is 30.3. The van der Waals surface area contributed by atoms with Crippen molar-refractivity contribution in [3.05, 3.63) is 100 Å². The Labute approximate surface area is 241 Å². The van der Waals surface area contributed by atoms with E-state index in [9.17, 15) is 19.5 Å². The number of carbonyl (C=O) groups excluding carboxylic acids is 3. The van der Waals surface area contributed by atoms with Gasteiger partial charge in [-0.3, -0.25) is 14.5 Å². The number of carbonyl (C=O) groups is 3. The zero-order valence-corrected chi connectivity index (χ0v) is 24.9. The Balaban J connectivity index is 2.00. The Kier molecular flexibility index (Phi) is 7.85. The molecule has 1 atom stereocenters. The minimum atomic E-state index is -0.958. The van der Waals surface area contributed by atoms with Crippen molar-refractivity contribution in [2.75, 3.05) is 19.1 Å². The highest BCUT2D eigenvalue weighted by molar-refractivity contribution is 6.51. The van der Waals surface area contributed by atoms with Crippen LogP contribution < -0.4 is 9.64 Å². The van der Waals surface area contributed by atoms with Gasteiger partial charge in [0.2, 0.25) is 0 Å². The largest absolute Gasteiger partial charge is 0.507 e. The highest BCUT2D eigenvalue weighted by atomic mass is 16.5. The molecule has 0 aromatic heterocycles. The van der Waals surface area contributed by atoms with Gasteiger partial charge in [-0.25, -0.2) is 4.79 Å². The molecule has 0 saturated carbocycles. The average Bonchev–Trinajstić information content (AvgIpc) is 3.20. The first-order valence-corrected chi connectivity index (χ1v) is 13.5. The van der Waals surface area contributed by atoms with Crippen LogP contribution in [0, 0.1) is 0 Å². The van der Waals surface area contributed by atoms with Crippen LogP contribution >= 0.6 is 0 Å². The molecule has 1 heterocycles. The molecule has 1 fully saturated rings. The fourth-order valence-electron chi connectivity index (χ4n) is 4.98. The molecule has 1 N–H and O–H groups in total. The molecule has 7 nitrogen and oxygen atoms in total. The van der Waals surface area contributed by atoms with Gasteiger partial charge in [0, 0.05) is 5.69 Å². The number of nitrogens with zero attached hydrogens (tertiary/aromatic N) is 1. The molecule has 214 valence electrons. The quantitative estimate of drug-likeness (QED) is 0.163. The van der Waals surface area contributed by atoms with Crippen molar-refractivity contribution >= 4 is 29.1 Å². The summed E-state index contributed by atoms with van der Waals surface area (Å²) in [6.45, 7) is 12.4. The summed E-state index contributed by atoms with van der Waals surface area (Å²) in [6, 6.07) is 18.5. The Bertz CT molecular complexity index is 1540. The Morgan fingerprint density at radius 2 is 1.44 bits per heavy atom. The molecule has 1 aliphatic rings. The highest BCUT2D eigenvalue weighted by Gasteiger charge is 2.47. The second-order valence-electron chi connectivity index (χ2n) is 12.2. The fraction of sp³-hybridized carbons (Fsp3) is 0.324. The molecule has 0 radical (unpaired) electrons. The summed E-state index contributed by atoms with van der Waals surface area (Å²) >= 11 is 0. The number of anilines is 1. The van der Waals surface area contributed by atoms with Crippen LogP contribution in [0.3, 0.4) is 0 Å². The molecule has 0 spiro atoms. The number of amides is 1. The van der Waals surface area contributed by atoms with E-state index in [4.69, 9.17) is 9.47 Å². The summed E-state index contributed by atoms with van der Waals surface area (Å²) < 4.78 is 10.4. The van der Waals surface area contributed by atoms with Crippen LogP contribution in [-0.2, 0) is 25.2 Å². The summed E-state index contributed by atoms with van der Waals surface area (Å²) in [5, 5.41) is 11.8. The van der Waals surface area contributed by atoms with Gasteiger partial charge in [0.15, 0.2) is 0 Å². The zero-order valence-electron chi connectivity index (χ0n) is 24.9. The first-order chi connectivity index (χ1) is 19.2. The number of ether oxygens (including phenoxy) is 2. The fourth-order valence-corrected chi connectivity index (χ4v) is 4.98. The number of methoxy groups -OCH3 is 2. The van der Waals surface area contributed by atoms with Gasteiger partial charge in [0.25, 0.3) is 11.7 Å². The smallest absolute Gasteiger partial charge is 0.337 e. The second kappa shape index (κ2) is 10.9. The lowest BCUT2D eigenvalue weighted by atomic mass is 9.84. The molecule has 41 heavy (non-hydrogen) atoms. The molecule has 1 unspecified atom stereocenters. The first-order valence-electron chi connectivity index (χ1n) is 13.5. The van der Waals surface area contributed by atoms with Gasteiger partial charge in [-0.2, -0.15) is 0 Å². The van der Waals surface area contributed by atoms with E-state index in [2.05, 4.69) is 20.8 Å². The molecular formula is C34H37NO6. The van der Waals surface area contributed by atoms with Crippen molar-refractivity contribution in [2.24, 2.45) is 0 Å². The molecule has 7 heteroatoms. The Hall–Kier alpha value is -4.39. The number of esters is 1. The number of hydrogen-bond donors (Lipinski definition) is 1. The normalized spacial score (nSPS) is 17.1. The lowest BCUT2D eigenvalue weighted by Crippen LogP contribution is -2.29. The number of ketones is 1. The maximum Gasteiger partial charge on any atom is 0.337 e. The third-order valence-electron chi connectivity index (χ3n) is 7.40. The van der Waals surface area contributed by atoms with Gasteiger partial charge in [0.1, 0.15) is 11.5 Å². The first kappa shape index (κ1) is 29.6. The van der Waals surface area contributed by atoms with Gasteiger partial charge >= 0.3 is 5.97 Å². The van der Waals surface area contributed by atoms with E-state index < -0.39 is 23.7 Å². The van der Waals surface area contributed by atoms with Crippen molar-refractivity contribution in [3.63, 3.8) is 0 Å². The lowest BCUT2D eigenvalue weighted by Gasteiger charge is -2.27. The molecule has 1 amide bonds. The van der Waals surface area contributed by atoms with Crippen LogP contribution in [0.2, 0.25) is 0 Å². The monoisotopic (exact) mass is 555 g/mol. The molecule has 3 aromatic carbocycles. The lowest BCUT2D eigenvalue weighted by molar-refractivity contribution is -0.132. The van der Waals surface area contributed by atoms with Crippen LogP contribution in [0.4, 0.5) is 5.69 Å². The van der Waals surface area contributed by atoms with E-state index in [1.165, 1.54) is 25.2 Å². The summed E-state index contributed by atoms with van der Waals surface area (Å²) in [5.41, 5.74) is 3.08. The summed E-state index contributed by atoms with van der Waals surface area (Å²) in [5.74, 6) is -2.18. The maximum absolute atomic E-state index is 13.7. The standard InChI is InChI=1S/C34H37NO6/c1-33(2,3)22-14-12-20(13-15-22)28-27(29(36)25-19-23(34(4,5)6)16-17-26(25)40-7)30(37)31(38)35(28)24-11-9-10-21(18-24)32(39)41-8/h9-19,28,36H,1-8H3/b29-27+. The number of benzene rings is 3. The van der Waals surface area contributed by atoms with E-state index in [1.807, 2.05) is 51.1 Å². The minimum absolute atomic E-state index is 0.0636. The van der Waals surface area contributed by atoms with Gasteiger partial charge in [-0.15, -0.1) is 0 Å².